The fourth-order valence-corrected chi connectivity index (χ4v) is 2.69. The lowest BCUT2D eigenvalue weighted by Crippen LogP contribution is -2.25. The smallest absolute Gasteiger partial charge is 0.380 e. The molecule has 2 aromatic rings. The highest BCUT2D eigenvalue weighted by atomic mass is 19.4. The van der Waals surface area contributed by atoms with Crippen molar-refractivity contribution >= 4 is 17.3 Å². The van der Waals surface area contributed by atoms with Gasteiger partial charge in [0.25, 0.3) is 5.91 Å². The van der Waals surface area contributed by atoms with Gasteiger partial charge in [0, 0.05) is 25.8 Å². The number of anilines is 2. The number of benzene rings is 2. The van der Waals surface area contributed by atoms with Gasteiger partial charge in [0.15, 0.2) is 0 Å². The van der Waals surface area contributed by atoms with Crippen LogP contribution in [-0.4, -0.2) is 32.7 Å². The first-order chi connectivity index (χ1) is 13.1. The van der Waals surface area contributed by atoms with Crippen LogP contribution in [0.15, 0.2) is 36.4 Å². The maximum absolute atomic E-state index is 13.2. The number of nitrogens with zero attached hydrogens (tertiary/aromatic N) is 1. The van der Waals surface area contributed by atoms with Crippen LogP contribution in [0, 0.1) is 13.8 Å². The van der Waals surface area contributed by atoms with Crippen LogP contribution in [0.25, 0.3) is 0 Å². The summed E-state index contributed by atoms with van der Waals surface area (Å²) in [5.74, 6) is -0.457. The third-order valence-corrected chi connectivity index (χ3v) is 4.53. The van der Waals surface area contributed by atoms with Gasteiger partial charge in [-0.05, 0) is 62.2 Å². The number of nitrogens with one attached hydrogen (secondary N) is 1. The van der Waals surface area contributed by atoms with Crippen LogP contribution in [0.3, 0.4) is 0 Å². The molecule has 0 aliphatic heterocycles. The second kappa shape index (κ2) is 9.10. The van der Waals surface area contributed by atoms with E-state index in [-0.39, 0.29) is 5.69 Å². The maximum Gasteiger partial charge on any atom is 0.416 e. The van der Waals surface area contributed by atoms with Gasteiger partial charge in [-0.3, -0.25) is 4.79 Å². The minimum atomic E-state index is -4.50. The summed E-state index contributed by atoms with van der Waals surface area (Å²) in [4.78, 5) is 14.4. The van der Waals surface area contributed by atoms with Gasteiger partial charge in [-0.25, -0.2) is 0 Å². The molecule has 2 rings (SSSR count). The largest absolute Gasteiger partial charge is 0.416 e. The van der Waals surface area contributed by atoms with Gasteiger partial charge in [0.05, 0.1) is 23.5 Å². The van der Waals surface area contributed by atoms with E-state index in [1.165, 1.54) is 6.07 Å². The Hall–Kier alpha value is -2.54. The number of alkyl halides is 3. The van der Waals surface area contributed by atoms with Gasteiger partial charge in [0.1, 0.15) is 0 Å². The summed E-state index contributed by atoms with van der Waals surface area (Å²) in [5, 5.41) is 2.64. The first-order valence-corrected chi connectivity index (χ1v) is 9.02. The fraction of sp³-hybridized carbons (Fsp3) is 0.381. The van der Waals surface area contributed by atoms with Gasteiger partial charge < -0.3 is 15.0 Å². The van der Waals surface area contributed by atoms with Gasteiger partial charge in [-0.1, -0.05) is 6.07 Å². The molecule has 0 radical (unpaired) electrons. The molecule has 0 aromatic heterocycles. The Morgan fingerprint density at radius 2 is 1.82 bits per heavy atom. The number of rotatable bonds is 7. The lowest BCUT2D eigenvalue weighted by atomic mass is 10.1. The molecule has 0 bridgehead atoms. The van der Waals surface area contributed by atoms with Crippen molar-refractivity contribution in [3.8, 4) is 0 Å². The average Bonchev–Trinajstić information content (AvgIpc) is 2.63. The number of ether oxygens (including phenoxy) is 1. The number of amides is 1. The van der Waals surface area contributed by atoms with Crippen LogP contribution in [0.2, 0.25) is 0 Å². The van der Waals surface area contributed by atoms with Crippen molar-refractivity contribution in [2.45, 2.75) is 26.9 Å². The molecule has 0 aliphatic rings. The minimum absolute atomic E-state index is 0.108. The zero-order valence-electron chi connectivity index (χ0n) is 16.5. The SMILES string of the molecule is CCOCCN(C)c1ccc(C(F)(F)F)cc1NC(=O)c1ccc(C)c(C)c1. The van der Waals surface area contributed by atoms with Crippen molar-refractivity contribution in [3.05, 3.63) is 58.7 Å². The molecule has 0 aliphatic carbocycles. The molecular weight excluding hydrogens is 369 g/mol. The molecule has 1 amide bonds. The first kappa shape index (κ1) is 21.8. The zero-order chi connectivity index (χ0) is 20.9. The molecule has 0 atom stereocenters. The van der Waals surface area contributed by atoms with Crippen molar-refractivity contribution in [2.75, 3.05) is 37.0 Å². The van der Waals surface area contributed by atoms with E-state index in [1.807, 2.05) is 26.8 Å². The third kappa shape index (κ3) is 5.48. The van der Waals surface area contributed by atoms with Crippen LogP contribution >= 0.6 is 0 Å². The van der Waals surface area contributed by atoms with Gasteiger partial charge >= 0.3 is 6.18 Å². The molecule has 0 saturated carbocycles. The molecule has 28 heavy (non-hydrogen) atoms. The predicted molar refractivity (Wildman–Crippen MR) is 105 cm³/mol. The summed E-state index contributed by atoms with van der Waals surface area (Å²) >= 11 is 0. The Kier molecular flexibility index (Phi) is 7.07. The lowest BCUT2D eigenvalue weighted by Gasteiger charge is -2.23. The quantitative estimate of drug-likeness (QED) is 0.669. The lowest BCUT2D eigenvalue weighted by molar-refractivity contribution is -0.137. The van der Waals surface area contributed by atoms with Crippen LogP contribution in [0.4, 0.5) is 24.5 Å². The highest BCUT2D eigenvalue weighted by Gasteiger charge is 2.31. The molecule has 0 spiro atoms. The van der Waals surface area contributed by atoms with Gasteiger partial charge in [-0.2, -0.15) is 13.2 Å². The number of halogens is 3. The molecule has 152 valence electrons. The average molecular weight is 394 g/mol. The van der Waals surface area contributed by atoms with Crippen molar-refractivity contribution in [1.29, 1.82) is 0 Å². The molecule has 1 N–H and O–H groups in total. The van der Waals surface area contributed by atoms with Crippen LogP contribution in [0.1, 0.15) is 34.0 Å². The maximum atomic E-state index is 13.2. The fourth-order valence-electron chi connectivity index (χ4n) is 2.69. The Bertz CT molecular complexity index is 835. The summed E-state index contributed by atoms with van der Waals surface area (Å²) in [6.45, 7) is 7.13. The Labute approximate surface area is 163 Å². The van der Waals surface area contributed by atoms with Crippen LogP contribution < -0.4 is 10.2 Å². The normalized spacial score (nSPS) is 11.4. The van der Waals surface area contributed by atoms with Crippen LogP contribution in [-0.2, 0) is 10.9 Å². The first-order valence-electron chi connectivity index (χ1n) is 9.02. The standard InChI is InChI=1S/C21H25F3N2O2/c1-5-28-11-10-26(4)19-9-8-17(21(22,23)24)13-18(19)25-20(27)16-7-6-14(2)15(3)12-16/h6-9,12-13H,5,10-11H2,1-4H3,(H,25,27). The molecule has 2 aromatic carbocycles. The van der Waals surface area contributed by atoms with Crippen molar-refractivity contribution < 1.29 is 22.7 Å². The molecule has 4 nitrogen and oxygen atoms in total. The van der Waals surface area contributed by atoms with E-state index in [9.17, 15) is 18.0 Å². The monoisotopic (exact) mass is 394 g/mol. The minimum Gasteiger partial charge on any atom is -0.380 e. The number of hydrogen-bond donors (Lipinski definition) is 1. The predicted octanol–water partition coefficient (Wildman–Crippen LogP) is 5.05. The second-order valence-corrected chi connectivity index (χ2v) is 6.60. The molecule has 0 unspecified atom stereocenters. The van der Waals surface area contributed by atoms with E-state index in [1.54, 1.807) is 24.1 Å². The highest BCUT2D eigenvalue weighted by molar-refractivity contribution is 6.06. The van der Waals surface area contributed by atoms with E-state index < -0.39 is 17.6 Å². The third-order valence-electron chi connectivity index (χ3n) is 4.53. The summed E-state index contributed by atoms with van der Waals surface area (Å²) < 4.78 is 44.8. The number of carbonyl (C=O) groups excluding carboxylic acids is 1. The van der Waals surface area contributed by atoms with Crippen molar-refractivity contribution in [3.63, 3.8) is 0 Å². The van der Waals surface area contributed by atoms with E-state index in [0.717, 1.165) is 23.3 Å². The topological polar surface area (TPSA) is 41.6 Å². The Morgan fingerprint density at radius 3 is 2.43 bits per heavy atom. The molecule has 0 saturated heterocycles. The van der Waals surface area contributed by atoms with Gasteiger partial charge in [0.2, 0.25) is 0 Å². The highest BCUT2D eigenvalue weighted by Crippen LogP contribution is 2.35. The van der Waals surface area contributed by atoms with Crippen molar-refractivity contribution in [1.82, 2.24) is 0 Å². The summed E-state index contributed by atoms with van der Waals surface area (Å²) in [5.41, 5.74) is 2.15. The zero-order valence-corrected chi connectivity index (χ0v) is 16.5. The summed E-state index contributed by atoms with van der Waals surface area (Å²) in [6, 6.07) is 8.53. The summed E-state index contributed by atoms with van der Waals surface area (Å²) in [6.07, 6.45) is -4.50. The molecular formula is C21H25F3N2O2. The Morgan fingerprint density at radius 1 is 1.11 bits per heavy atom. The van der Waals surface area contributed by atoms with E-state index in [4.69, 9.17) is 4.74 Å². The molecule has 0 fully saturated rings. The van der Waals surface area contributed by atoms with Gasteiger partial charge in [-0.15, -0.1) is 0 Å². The second-order valence-electron chi connectivity index (χ2n) is 6.60. The number of likely N-dealkylation sites (N-methyl/N-ethyl adjacent to an activating group) is 1. The van der Waals surface area contributed by atoms with Crippen LogP contribution in [0.5, 0.6) is 0 Å². The van der Waals surface area contributed by atoms with E-state index >= 15 is 0 Å². The van der Waals surface area contributed by atoms with E-state index in [0.29, 0.717) is 31.0 Å². The van der Waals surface area contributed by atoms with Crippen molar-refractivity contribution in [2.24, 2.45) is 0 Å². The number of aryl methyl sites for hydroxylation is 2. The molecule has 7 heteroatoms. The van der Waals surface area contributed by atoms with E-state index in [2.05, 4.69) is 5.32 Å². The number of hydrogen-bond acceptors (Lipinski definition) is 3. The number of carbonyl (C=O) groups is 1. The summed E-state index contributed by atoms with van der Waals surface area (Å²) in [7, 11) is 1.74. The molecule has 0 heterocycles. The Balaban J connectivity index is 2.34.